The number of hydrogen-bond donors (Lipinski definition) is 2. The van der Waals surface area contributed by atoms with Gasteiger partial charge in [0, 0.05) is 30.8 Å². The van der Waals surface area contributed by atoms with E-state index < -0.39 is 11.9 Å². The van der Waals surface area contributed by atoms with Crippen molar-refractivity contribution in [1.29, 1.82) is 0 Å². The van der Waals surface area contributed by atoms with Crippen LogP contribution in [0.3, 0.4) is 0 Å². The van der Waals surface area contributed by atoms with Gasteiger partial charge in [-0.2, -0.15) is 0 Å². The standard InChI is InChI=1S/C18H22N2O5/c21-16(20-8-2-3-13(10-20)18(23)24)11-25-15-5-1-4-14(9-15)19-17(22)12-6-7-12/h1,4-5,9,12-13H,2-3,6-8,10-11H2,(H,19,22)(H,23,24)/t13-/m0/s1. The van der Waals surface area contributed by atoms with Crippen molar-refractivity contribution in [2.24, 2.45) is 11.8 Å². The molecule has 0 bridgehead atoms. The van der Waals surface area contributed by atoms with Gasteiger partial charge in [0.2, 0.25) is 5.91 Å². The fourth-order valence-electron chi connectivity index (χ4n) is 2.90. The van der Waals surface area contributed by atoms with E-state index in [9.17, 15) is 14.4 Å². The summed E-state index contributed by atoms with van der Waals surface area (Å²) < 4.78 is 5.53. The van der Waals surface area contributed by atoms with E-state index in [1.807, 2.05) is 0 Å². The first-order valence-corrected chi connectivity index (χ1v) is 8.57. The molecular weight excluding hydrogens is 324 g/mol. The second-order valence-electron chi connectivity index (χ2n) is 6.60. The number of rotatable bonds is 6. The average molecular weight is 346 g/mol. The van der Waals surface area contributed by atoms with Gasteiger partial charge in [0.25, 0.3) is 5.91 Å². The van der Waals surface area contributed by atoms with E-state index in [1.165, 1.54) is 0 Å². The van der Waals surface area contributed by atoms with E-state index in [0.29, 0.717) is 30.8 Å². The van der Waals surface area contributed by atoms with Crippen LogP contribution in [0.4, 0.5) is 5.69 Å². The summed E-state index contributed by atoms with van der Waals surface area (Å²) >= 11 is 0. The SMILES string of the molecule is O=C(Nc1cccc(OCC(=O)N2CCC[C@H](C(=O)O)C2)c1)C1CC1. The molecule has 7 nitrogen and oxygen atoms in total. The van der Waals surface area contributed by atoms with Crippen molar-refractivity contribution in [1.82, 2.24) is 4.90 Å². The van der Waals surface area contributed by atoms with Crippen LogP contribution in [0, 0.1) is 11.8 Å². The molecule has 1 aliphatic carbocycles. The summed E-state index contributed by atoms with van der Waals surface area (Å²) in [5, 5.41) is 11.9. The van der Waals surface area contributed by atoms with E-state index in [4.69, 9.17) is 9.84 Å². The number of piperidine rings is 1. The van der Waals surface area contributed by atoms with E-state index in [0.717, 1.165) is 12.8 Å². The highest BCUT2D eigenvalue weighted by Gasteiger charge is 2.30. The lowest BCUT2D eigenvalue weighted by Gasteiger charge is -2.30. The Balaban J connectivity index is 1.51. The molecule has 2 aliphatic rings. The second kappa shape index (κ2) is 7.55. The molecular formula is C18H22N2O5. The van der Waals surface area contributed by atoms with Gasteiger partial charge < -0.3 is 20.1 Å². The lowest BCUT2D eigenvalue weighted by Crippen LogP contribution is -2.44. The maximum Gasteiger partial charge on any atom is 0.308 e. The first-order chi connectivity index (χ1) is 12.0. The lowest BCUT2D eigenvalue weighted by atomic mass is 9.98. The number of likely N-dealkylation sites (tertiary alicyclic amines) is 1. The third-order valence-corrected chi connectivity index (χ3v) is 4.54. The van der Waals surface area contributed by atoms with Gasteiger partial charge in [0.05, 0.1) is 5.92 Å². The van der Waals surface area contributed by atoms with Gasteiger partial charge in [-0.1, -0.05) is 6.07 Å². The molecule has 0 radical (unpaired) electrons. The van der Waals surface area contributed by atoms with Crippen LogP contribution in [-0.2, 0) is 14.4 Å². The summed E-state index contributed by atoms with van der Waals surface area (Å²) in [5.41, 5.74) is 0.644. The zero-order chi connectivity index (χ0) is 17.8. The lowest BCUT2D eigenvalue weighted by molar-refractivity contribution is -0.146. The molecule has 2 fully saturated rings. The summed E-state index contributed by atoms with van der Waals surface area (Å²) in [7, 11) is 0. The topological polar surface area (TPSA) is 95.9 Å². The van der Waals surface area contributed by atoms with Gasteiger partial charge in [-0.25, -0.2) is 0 Å². The number of carbonyl (C=O) groups is 3. The van der Waals surface area contributed by atoms with Crippen LogP contribution in [0.5, 0.6) is 5.75 Å². The van der Waals surface area contributed by atoms with Crippen molar-refractivity contribution in [3.05, 3.63) is 24.3 Å². The summed E-state index contributed by atoms with van der Waals surface area (Å²) in [6.07, 6.45) is 3.15. The maximum absolute atomic E-state index is 12.2. The summed E-state index contributed by atoms with van der Waals surface area (Å²) in [5.74, 6) is -0.961. The van der Waals surface area contributed by atoms with Crippen molar-refractivity contribution in [2.45, 2.75) is 25.7 Å². The number of carboxylic acids is 1. The van der Waals surface area contributed by atoms with Crippen LogP contribution in [0.1, 0.15) is 25.7 Å². The van der Waals surface area contributed by atoms with Crippen molar-refractivity contribution >= 4 is 23.5 Å². The highest BCUT2D eigenvalue weighted by atomic mass is 16.5. The van der Waals surface area contributed by atoms with Crippen LogP contribution >= 0.6 is 0 Å². The monoisotopic (exact) mass is 346 g/mol. The number of ether oxygens (including phenoxy) is 1. The predicted molar refractivity (Wildman–Crippen MR) is 90.2 cm³/mol. The molecule has 3 rings (SSSR count). The first-order valence-electron chi connectivity index (χ1n) is 8.57. The summed E-state index contributed by atoms with van der Waals surface area (Å²) in [4.78, 5) is 36.6. The number of benzene rings is 1. The Morgan fingerprint density at radius 1 is 1.20 bits per heavy atom. The van der Waals surface area contributed by atoms with Gasteiger partial charge in [0.15, 0.2) is 6.61 Å². The van der Waals surface area contributed by atoms with E-state index in [2.05, 4.69) is 5.32 Å². The minimum Gasteiger partial charge on any atom is -0.484 e. The summed E-state index contributed by atoms with van der Waals surface area (Å²) in [6.45, 7) is 0.644. The van der Waals surface area contributed by atoms with E-state index in [1.54, 1.807) is 29.2 Å². The predicted octanol–water partition coefficient (Wildman–Crippen LogP) is 1.74. The molecule has 7 heteroatoms. The third-order valence-electron chi connectivity index (χ3n) is 4.54. The van der Waals surface area contributed by atoms with E-state index >= 15 is 0 Å². The normalized spacial score (nSPS) is 20.0. The molecule has 0 unspecified atom stereocenters. The molecule has 2 N–H and O–H groups in total. The van der Waals surface area contributed by atoms with Gasteiger partial charge in [-0.3, -0.25) is 14.4 Å². The molecule has 1 aromatic rings. The van der Waals surface area contributed by atoms with Gasteiger partial charge in [0.1, 0.15) is 5.75 Å². The third kappa shape index (κ3) is 4.71. The largest absolute Gasteiger partial charge is 0.484 e. The highest BCUT2D eigenvalue weighted by Crippen LogP contribution is 2.30. The molecule has 1 aliphatic heterocycles. The van der Waals surface area contributed by atoms with Crippen LogP contribution < -0.4 is 10.1 Å². The molecule has 1 heterocycles. The molecule has 0 spiro atoms. The first kappa shape index (κ1) is 17.3. The number of nitrogens with zero attached hydrogens (tertiary/aromatic N) is 1. The maximum atomic E-state index is 12.2. The quantitative estimate of drug-likeness (QED) is 0.818. The Kier molecular flexibility index (Phi) is 5.21. The van der Waals surface area contributed by atoms with Crippen LogP contribution in [0.15, 0.2) is 24.3 Å². The highest BCUT2D eigenvalue weighted by molar-refractivity contribution is 5.94. The van der Waals surface area contributed by atoms with Gasteiger partial charge in [-0.15, -0.1) is 0 Å². The molecule has 134 valence electrons. The minimum atomic E-state index is -0.863. The number of anilines is 1. The number of hydrogen-bond acceptors (Lipinski definition) is 4. The smallest absolute Gasteiger partial charge is 0.308 e. The fourth-order valence-corrected chi connectivity index (χ4v) is 2.90. The second-order valence-corrected chi connectivity index (χ2v) is 6.60. The van der Waals surface area contributed by atoms with Gasteiger partial charge in [-0.05, 0) is 37.8 Å². The zero-order valence-electron chi connectivity index (χ0n) is 13.9. The Morgan fingerprint density at radius 3 is 2.72 bits per heavy atom. The molecule has 1 saturated carbocycles. The Morgan fingerprint density at radius 2 is 2.00 bits per heavy atom. The van der Waals surface area contributed by atoms with Crippen molar-refractivity contribution < 1.29 is 24.2 Å². The van der Waals surface area contributed by atoms with Crippen molar-refractivity contribution in [3.8, 4) is 5.75 Å². The van der Waals surface area contributed by atoms with Crippen LogP contribution in [-0.4, -0.2) is 47.5 Å². The fraction of sp³-hybridized carbons (Fsp3) is 0.500. The zero-order valence-corrected chi connectivity index (χ0v) is 13.9. The average Bonchev–Trinajstić information content (AvgIpc) is 3.45. The molecule has 1 atom stereocenters. The molecule has 1 aromatic carbocycles. The van der Waals surface area contributed by atoms with Crippen molar-refractivity contribution in [3.63, 3.8) is 0 Å². The van der Waals surface area contributed by atoms with Crippen molar-refractivity contribution in [2.75, 3.05) is 25.0 Å². The minimum absolute atomic E-state index is 0.0151. The Labute approximate surface area is 146 Å². The number of carbonyl (C=O) groups excluding carboxylic acids is 2. The van der Waals surface area contributed by atoms with E-state index in [-0.39, 0.29) is 30.9 Å². The molecule has 25 heavy (non-hydrogen) atoms. The summed E-state index contributed by atoms with van der Waals surface area (Å²) in [6, 6.07) is 6.93. The number of amides is 2. The Bertz CT molecular complexity index is 671. The molecule has 1 saturated heterocycles. The molecule has 2 amide bonds. The van der Waals surface area contributed by atoms with Crippen LogP contribution in [0.2, 0.25) is 0 Å². The van der Waals surface area contributed by atoms with Crippen LogP contribution in [0.25, 0.3) is 0 Å². The van der Waals surface area contributed by atoms with Gasteiger partial charge >= 0.3 is 5.97 Å². The number of nitrogens with one attached hydrogen (secondary N) is 1. The Hall–Kier alpha value is -2.57. The molecule has 0 aromatic heterocycles. The number of aliphatic carboxylic acids is 1. The number of carboxylic acid groups (broad SMARTS) is 1.